The van der Waals surface area contributed by atoms with E-state index in [9.17, 15) is 24.1 Å². The van der Waals surface area contributed by atoms with Gasteiger partial charge in [0.15, 0.2) is 6.61 Å². The number of carbonyl (C=O) groups is 2. The SMILES string of the molecule is COc1ccc(F)cc1C(=O)COC(=O)c1cccc(C)c1[N+](=O)[O-]. The van der Waals surface area contributed by atoms with Gasteiger partial charge in [0.25, 0.3) is 5.69 Å². The number of nitro benzene ring substituents is 1. The van der Waals surface area contributed by atoms with E-state index in [1.165, 1.54) is 38.3 Å². The second-order valence-electron chi connectivity index (χ2n) is 5.07. The number of nitro groups is 1. The molecule has 0 radical (unpaired) electrons. The molecule has 0 aliphatic rings. The maximum absolute atomic E-state index is 13.3. The Kier molecular flexibility index (Phi) is 5.43. The minimum absolute atomic E-state index is 0.0889. The van der Waals surface area contributed by atoms with Crippen LogP contribution >= 0.6 is 0 Å². The summed E-state index contributed by atoms with van der Waals surface area (Å²) in [6.45, 7) is 0.779. The molecule has 25 heavy (non-hydrogen) atoms. The first-order chi connectivity index (χ1) is 11.8. The van der Waals surface area contributed by atoms with Gasteiger partial charge in [-0.25, -0.2) is 9.18 Å². The van der Waals surface area contributed by atoms with E-state index in [-0.39, 0.29) is 28.1 Å². The molecule has 8 heteroatoms. The standard InChI is InChI=1S/C17H14FNO6/c1-10-4-3-5-12(16(10)19(22)23)17(21)25-9-14(20)13-8-11(18)6-7-15(13)24-2/h3-8H,9H2,1-2H3. The molecule has 0 saturated carbocycles. The van der Waals surface area contributed by atoms with Crippen LogP contribution in [0.15, 0.2) is 36.4 Å². The predicted molar refractivity (Wildman–Crippen MR) is 85.4 cm³/mol. The first-order valence-electron chi connectivity index (χ1n) is 7.13. The third kappa shape index (κ3) is 3.97. The minimum atomic E-state index is -1.01. The van der Waals surface area contributed by atoms with Crippen molar-refractivity contribution in [2.24, 2.45) is 0 Å². The molecule has 0 atom stereocenters. The number of halogens is 1. The molecule has 0 spiro atoms. The number of Topliss-reactive ketones (excluding diaryl/α,β-unsaturated/α-hetero) is 1. The lowest BCUT2D eigenvalue weighted by Crippen LogP contribution is -2.16. The number of ether oxygens (including phenoxy) is 2. The third-order valence-corrected chi connectivity index (χ3v) is 3.44. The molecule has 2 aromatic carbocycles. The van der Waals surface area contributed by atoms with Gasteiger partial charge in [0.05, 0.1) is 17.6 Å². The molecular formula is C17H14FNO6. The fourth-order valence-electron chi connectivity index (χ4n) is 2.25. The van der Waals surface area contributed by atoms with E-state index in [4.69, 9.17) is 9.47 Å². The van der Waals surface area contributed by atoms with Crippen LogP contribution in [0.25, 0.3) is 0 Å². The quantitative estimate of drug-likeness (QED) is 0.345. The predicted octanol–water partition coefficient (Wildman–Crippen LogP) is 3.09. The highest BCUT2D eigenvalue weighted by atomic mass is 19.1. The van der Waals surface area contributed by atoms with Crippen LogP contribution in [0.4, 0.5) is 10.1 Å². The molecule has 130 valence electrons. The van der Waals surface area contributed by atoms with Gasteiger partial charge in [-0.2, -0.15) is 0 Å². The summed E-state index contributed by atoms with van der Waals surface area (Å²) in [7, 11) is 1.31. The van der Waals surface area contributed by atoms with Crippen LogP contribution in [-0.2, 0) is 4.74 Å². The number of ketones is 1. The highest BCUT2D eigenvalue weighted by molar-refractivity contribution is 6.02. The van der Waals surface area contributed by atoms with Crippen molar-refractivity contribution in [3.05, 3.63) is 69.0 Å². The van der Waals surface area contributed by atoms with E-state index in [2.05, 4.69) is 0 Å². The number of hydrogen-bond acceptors (Lipinski definition) is 6. The van der Waals surface area contributed by atoms with Crippen molar-refractivity contribution in [2.75, 3.05) is 13.7 Å². The fraction of sp³-hybridized carbons (Fsp3) is 0.176. The number of methoxy groups -OCH3 is 1. The Labute approximate surface area is 142 Å². The van der Waals surface area contributed by atoms with E-state index in [0.717, 1.165) is 12.1 Å². The molecule has 0 aliphatic heterocycles. The Hall–Kier alpha value is -3.29. The summed E-state index contributed by atoms with van der Waals surface area (Å²) < 4.78 is 23.1. The molecule has 7 nitrogen and oxygen atoms in total. The van der Waals surface area contributed by atoms with E-state index in [1.54, 1.807) is 0 Å². The summed E-state index contributed by atoms with van der Waals surface area (Å²) in [6.07, 6.45) is 0. The van der Waals surface area contributed by atoms with Crippen molar-refractivity contribution in [1.29, 1.82) is 0 Å². The average Bonchev–Trinajstić information content (AvgIpc) is 2.58. The highest BCUT2D eigenvalue weighted by Gasteiger charge is 2.24. The third-order valence-electron chi connectivity index (χ3n) is 3.44. The smallest absolute Gasteiger partial charge is 0.345 e. The van der Waals surface area contributed by atoms with Gasteiger partial charge >= 0.3 is 5.97 Å². The normalized spacial score (nSPS) is 10.2. The molecule has 0 unspecified atom stereocenters. The Balaban J connectivity index is 2.19. The minimum Gasteiger partial charge on any atom is -0.496 e. The second-order valence-corrected chi connectivity index (χ2v) is 5.07. The zero-order valence-corrected chi connectivity index (χ0v) is 13.4. The lowest BCUT2D eigenvalue weighted by atomic mass is 10.1. The number of esters is 1. The van der Waals surface area contributed by atoms with Crippen LogP contribution in [0.1, 0.15) is 26.3 Å². The van der Waals surface area contributed by atoms with Gasteiger partial charge in [-0.05, 0) is 31.2 Å². The van der Waals surface area contributed by atoms with E-state index >= 15 is 0 Å². The van der Waals surface area contributed by atoms with Gasteiger partial charge in [-0.1, -0.05) is 12.1 Å². The average molecular weight is 347 g/mol. The maximum atomic E-state index is 13.3. The molecule has 0 fully saturated rings. The van der Waals surface area contributed by atoms with Crippen LogP contribution in [0.3, 0.4) is 0 Å². The Morgan fingerprint density at radius 3 is 2.56 bits per heavy atom. The summed E-state index contributed by atoms with van der Waals surface area (Å²) in [5, 5.41) is 11.1. The molecular weight excluding hydrogens is 333 g/mol. The van der Waals surface area contributed by atoms with E-state index in [1.807, 2.05) is 0 Å². The summed E-state index contributed by atoms with van der Waals surface area (Å²) in [4.78, 5) is 34.6. The van der Waals surface area contributed by atoms with E-state index < -0.39 is 29.1 Å². The number of aryl methyl sites for hydroxylation is 1. The van der Waals surface area contributed by atoms with Crippen LogP contribution in [0.2, 0.25) is 0 Å². The van der Waals surface area contributed by atoms with Gasteiger partial charge in [0.2, 0.25) is 5.78 Å². The van der Waals surface area contributed by atoms with E-state index in [0.29, 0.717) is 0 Å². The number of hydrogen-bond donors (Lipinski definition) is 0. The maximum Gasteiger partial charge on any atom is 0.345 e. The Morgan fingerprint density at radius 2 is 1.92 bits per heavy atom. The summed E-state index contributed by atoms with van der Waals surface area (Å²) >= 11 is 0. The molecule has 2 aromatic rings. The van der Waals surface area contributed by atoms with Gasteiger partial charge < -0.3 is 9.47 Å². The summed E-state index contributed by atoms with van der Waals surface area (Å²) in [5.41, 5.74) is -0.445. The van der Waals surface area contributed by atoms with Crippen molar-refractivity contribution in [1.82, 2.24) is 0 Å². The molecule has 0 bridgehead atoms. The largest absolute Gasteiger partial charge is 0.496 e. The number of nitrogens with zero attached hydrogens (tertiary/aromatic N) is 1. The molecule has 0 N–H and O–H groups in total. The van der Waals surface area contributed by atoms with Crippen LogP contribution in [-0.4, -0.2) is 30.4 Å². The van der Waals surface area contributed by atoms with Gasteiger partial charge in [-0.15, -0.1) is 0 Å². The number of benzene rings is 2. The number of para-hydroxylation sites is 1. The van der Waals surface area contributed by atoms with Gasteiger partial charge in [-0.3, -0.25) is 14.9 Å². The first kappa shape index (κ1) is 18.1. The second kappa shape index (κ2) is 7.52. The number of rotatable bonds is 6. The number of carbonyl (C=O) groups excluding carboxylic acids is 2. The van der Waals surface area contributed by atoms with Crippen molar-refractivity contribution in [3.63, 3.8) is 0 Å². The zero-order chi connectivity index (χ0) is 18.6. The molecule has 0 saturated heterocycles. The molecule has 0 aliphatic carbocycles. The summed E-state index contributed by atoms with van der Waals surface area (Å²) in [5.74, 6) is -2.23. The summed E-state index contributed by atoms with van der Waals surface area (Å²) in [6, 6.07) is 7.55. The van der Waals surface area contributed by atoms with Crippen molar-refractivity contribution >= 4 is 17.4 Å². The fourth-order valence-corrected chi connectivity index (χ4v) is 2.25. The highest BCUT2D eigenvalue weighted by Crippen LogP contribution is 2.24. The van der Waals surface area contributed by atoms with Crippen LogP contribution in [0, 0.1) is 22.9 Å². The van der Waals surface area contributed by atoms with Crippen LogP contribution in [0.5, 0.6) is 5.75 Å². The van der Waals surface area contributed by atoms with Gasteiger partial charge in [0.1, 0.15) is 17.1 Å². The molecule has 2 rings (SSSR count). The van der Waals surface area contributed by atoms with Crippen LogP contribution < -0.4 is 4.74 Å². The first-order valence-corrected chi connectivity index (χ1v) is 7.13. The molecule has 0 amide bonds. The Bertz CT molecular complexity index is 849. The van der Waals surface area contributed by atoms with Crippen molar-refractivity contribution in [2.45, 2.75) is 6.92 Å². The monoisotopic (exact) mass is 347 g/mol. The molecule has 0 aromatic heterocycles. The van der Waals surface area contributed by atoms with Crippen molar-refractivity contribution in [3.8, 4) is 5.75 Å². The Morgan fingerprint density at radius 1 is 1.20 bits per heavy atom. The lowest BCUT2D eigenvalue weighted by molar-refractivity contribution is -0.385. The lowest BCUT2D eigenvalue weighted by Gasteiger charge is -2.09. The van der Waals surface area contributed by atoms with Crippen molar-refractivity contribution < 1.29 is 28.4 Å². The molecule has 0 heterocycles. The zero-order valence-electron chi connectivity index (χ0n) is 13.4. The topological polar surface area (TPSA) is 95.7 Å². The van der Waals surface area contributed by atoms with Gasteiger partial charge in [0, 0.05) is 5.56 Å².